The summed E-state index contributed by atoms with van der Waals surface area (Å²) in [5.74, 6) is 1.14. The molecule has 0 fully saturated rings. The monoisotopic (exact) mass is 400 g/mol. The third-order valence-corrected chi connectivity index (χ3v) is 4.47. The molecule has 0 amide bonds. The number of hydrogen-bond acceptors (Lipinski definition) is 0. The molecule has 3 heteroatoms. The van der Waals surface area contributed by atoms with Gasteiger partial charge in [-0.3, -0.25) is 0 Å². The van der Waals surface area contributed by atoms with Gasteiger partial charge in [-0.05, 0) is 54.2 Å². The van der Waals surface area contributed by atoms with E-state index in [0.29, 0.717) is 11.8 Å². The van der Waals surface area contributed by atoms with E-state index in [9.17, 15) is 0 Å². The van der Waals surface area contributed by atoms with E-state index in [2.05, 4.69) is 68.3 Å². The summed E-state index contributed by atoms with van der Waals surface area (Å²) < 4.78 is 2.25. The lowest BCUT2D eigenvalue weighted by atomic mass is 9.94. The number of alkyl halides is 1. The Bertz CT molecular complexity index is 492. The van der Waals surface area contributed by atoms with Crippen LogP contribution < -0.4 is 0 Å². The van der Waals surface area contributed by atoms with Crippen LogP contribution in [0.5, 0.6) is 0 Å². The number of benzene rings is 2. The lowest BCUT2D eigenvalue weighted by Crippen LogP contribution is -2.10. The minimum absolute atomic E-state index is 0.463. The van der Waals surface area contributed by atoms with E-state index in [0.717, 1.165) is 21.8 Å². The van der Waals surface area contributed by atoms with Crippen LogP contribution in [0.3, 0.4) is 0 Å². The quantitative estimate of drug-likeness (QED) is 0.550. The molecule has 100 valence electrons. The molecule has 0 spiro atoms. The van der Waals surface area contributed by atoms with Crippen molar-refractivity contribution in [2.24, 2.45) is 5.92 Å². The molecule has 0 aliphatic heterocycles. The Morgan fingerprint density at radius 1 is 0.842 bits per heavy atom. The fraction of sp³-hybridized carbons (Fsp3) is 0.250. The topological polar surface area (TPSA) is 0 Å². The van der Waals surface area contributed by atoms with Gasteiger partial charge in [0, 0.05) is 14.8 Å². The first-order valence-electron chi connectivity index (χ1n) is 6.22. The third kappa shape index (κ3) is 4.94. The van der Waals surface area contributed by atoms with E-state index in [1.807, 2.05) is 12.1 Å². The second kappa shape index (κ2) is 7.47. The average Bonchev–Trinajstić information content (AvgIpc) is 2.38. The predicted molar refractivity (Wildman–Crippen MR) is 89.9 cm³/mol. The molecule has 0 saturated carbocycles. The largest absolute Gasteiger partial charge is 0.126 e. The normalized spacial score (nSPS) is 10.9. The van der Waals surface area contributed by atoms with Gasteiger partial charge in [-0.2, -0.15) is 0 Å². The lowest BCUT2D eigenvalue weighted by Gasteiger charge is -2.14. The number of halogens is 3. The maximum absolute atomic E-state index is 6.12. The Kier molecular flexibility index (Phi) is 5.93. The fourth-order valence-corrected chi connectivity index (χ4v) is 3.29. The molecule has 0 nitrogen and oxygen atoms in total. The van der Waals surface area contributed by atoms with Crippen molar-refractivity contribution in [3.63, 3.8) is 0 Å². The van der Waals surface area contributed by atoms with Gasteiger partial charge >= 0.3 is 0 Å². The van der Waals surface area contributed by atoms with E-state index in [-0.39, 0.29) is 0 Å². The second-order valence-corrected chi connectivity index (χ2v) is 6.83. The van der Waals surface area contributed by atoms with Crippen molar-refractivity contribution in [3.8, 4) is 0 Å². The van der Waals surface area contributed by atoms with Crippen LogP contribution >= 0.6 is 43.5 Å². The molecule has 0 radical (unpaired) electrons. The smallest absolute Gasteiger partial charge is 0.0258 e. The molecule has 0 saturated heterocycles. The fourth-order valence-electron chi connectivity index (χ4n) is 2.18. The number of rotatable bonds is 5. The minimum atomic E-state index is 0.463. The van der Waals surface area contributed by atoms with Gasteiger partial charge in [0.2, 0.25) is 0 Å². The van der Waals surface area contributed by atoms with Crippen LogP contribution in [0, 0.1) is 5.92 Å². The first kappa shape index (κ1) is 15.1. The van der Waals surface area contributed by atoms with E-state index in [4.69, 9.17) is 11.6 Å². The van der Waals surface area contributed by atoms with Crippen molar-refractivity contribution in [3.05, 3.63) is 68.6 Å². The van der Waals surface area contributed by atoms with Gasteiger partial charge in [0.05, 0.1) is 0 Å². The van der Waals surface area contributed by atoms with E-state index >= 15 is 0 Å². The summed E-state index contributed by atoms with van der Waals surface area (Å²) in [5.41, 5.74) is 2.66. The van der Waals surface area contributed by atoms with E-state index in [1.54, 1.807) is 0 Å². The van der Waals surface area contributed by atoms with E-state index < -0.39 is 0 Å². The molecule has 0 atom stereocenters. The zero-order chi connectivity index (χ0) is 13.7. The Morgan fingerprint density at radius 3 is 1.68 bits per heavy atom. The summed E-state index contributed by atoms with van der Waals surface area (Å²) in [6.45, 7) is 0. The molecule has 0 aromatic heterocycles. The molecule has 0 aliphatic rings. The molecule has 19 heavy (non-hydrogen) atoms. The summed E-state index contributed by atoms with van der Waals surface area (Å²) in [4.78, 5) is 0. The van der Waals surface area contributed by atoms with Crippen LogP contribution in [-0.2, 0) is 12.8 Å². The van der Waals surface area contributed by atoms with Crippen LogP contribution in [0.2, 0.25) is 0 Å². The Hall–Kier alpha value is -0.310. The van der Waals surface area contributed by atoms with Crippen molar-refractivity contribution in [2.45, 2.75) is 12.8 Å². The van der Waals surface area contributed by atoms with Gasteiger partial charge in [-0.15, -0.1) is 11.6 Å². The molecule has 0 aliphatic carbocycles. The third-order valence-electron chi connectivity index (χ3n) is 3.05. The van der Waals surface area contributed by atoms with Crippen LogP contribution in [0.4, 0.5) is 0 Å². The average molecular weight is 403 g/mol. The van der Waals surface area contributed by atoms with Crippen molar-refractivity contribution >= 4 is 43.5 Å². The van der Waals surface area contributed by atoms with Crippen molar-refractivity contribution in [2.75, 3.05) is 5.88 Å². The van der Waals surface area contributed by atoms with Gasteiger partial charge in [0.25, 0.3) is 0 Å². The van der Waals surface area contributed by atoms with Gasteiger partial charge in [0.15, 0.2) is 0 Å². The first-order valence-corrected chi connectivity index (χ1v) is 8.34. The standard InChI is InChI=1S/C16H15Br2Cl/c17-15-5-1-3-12(9-15)7-14(11-19)8-13-4-2-6-16(18)10-13/h1-6,9-10,14H,7-8,11H2. The van der Waals surface area contributed by atoms with Crippen molar-refractivity contribution in [1.82, 2.24) is 0 Å². The molecular formula is C16H15Br2Cl. The minimum Gasteiger partial charge on any atom is -0.126 e. The summed E-state index contributed by atoms with van der Waals surface area (Å²) in [6, 6.07) is 16.9. The summed E-state index contributed by atoms with van der Waals surface area (Å²) in [7, 11) is 0. The molecule has 2 rings (SSSR count). The van der Waals surface area contributed by atoms with Crippen molar-refractivity contribution < 1.29 is 0 Å². The van der Waals surface area contributed by atoms with Gasteiger partial charge in [-0.25, -0.2) is 0 Å². The number of hydrogen-bond donors (Lipinski definition) is 0. The second-order valence-electron chi connectivity index (χ2n) is 4.69. The summed E-state index contributed by atoms with van der Waals surface area (Å²) in [5, 5.41) is 0. The maximum Gasteiger partial charge on any atom is 0.0258 e. The lowest BCUT2D eigenvalue weighted by molar-refractivity contribution is 0.583. The highest BCUT2D eigenvalue weighted by Crippen LogP contribution is 2.20. The molecular weight excluding hydrogens is 387 g/mol. The summed E-state index contributed by atoms with van der Waals surface area (Å²) in [6.07, 6.45) is 2.02. The van der Waals surface area contributed by atoms with Crippen molar-refractivity contribution in [1.29, 1.82) is 0 Å². The molecule has 2 aromatic rings. The SMILES string of the molecule is ClCC(Cc1cccc(Br)c1)Cc1cccc(Br)c1. The van der Waals surface area contributed by atoms with Crippen LogP contribution in [0.15, 0.2) is 57.5 Å². The zero-order valence-electron chi connectivity index (χ0n) is 10.5. The molecule has 0 heterocycles. The maximum atomic E-state index is 6.12. The highest BCUT2D eigenvalue weighted by atomic mass is 79.9. The predicted octanol–water partition coefficient (Wildman–Crippen LogP) is 5.85. The molecule has 2 aromatic carbocycles. The first-order chi connectivity index (χ1) is 9.17. The molecule has 0 N–H and O–H groups in total. The van der Waals surface area contributed by atoms with Gasteiger partial charge in [-0.1, -0.05) is 56.1 Å². The zero-order valence-corrected chi connectivity index (χ0v) is 14.4. The molecule has 0 bridgehead atoms. The Labute approximate surface area is 136 Å². The highest BCUT2D eigenvalue weighted by Gasteiger charge is 2.10. The summed E-state index contributed by atoms with van der Waals surface area (Å²) >= 11 is 13.1. The van der Waals surface area contributed by atoms with Gasteiger partial charge in [0.1, 0.15) is 0 Å². The Morgan fingerprint density at radius 2 is 1.32 bits per heavy atom. The van der Waals surface area contributed by atoms with Crippen LogP contribution in [-0.4, -0.2) is 5.88 Å². The van der Waals surface area contributed by atoms with E-state index in [1.165, 1.54) is 11.1 Å². The molecule has 0 unspecified atom stereocenters. The Balaban J connectivity index is 2.04. The highest BCUT2D eigenvalue weighted by molar-refractivity contribution is 9.10. The van der Waals surface area contributed by atoms with Gasteiger partial charge < -0.3 is 0 Å². The van der Waals surface area contributed by atoms with Crippen LogP contribution in [0.1, 0.15) is 11.1 Å². The van der Waals surface area contributed by atoms with Crippen LogP contribution in [0.25, 0.3) is 0 Å².